The lowest BCUT2D eigenvalue weighted by atomic mass is 9.82. The Morgan fingerprint density at radius 3 is 2.40 bits per heavy atom. The summed E-state index contributed by atoms with van der Waals surface area (Å²) >= 11 is 0. The number of ether oxygens (including phenoxy) is 1. The molecule has 0 atom stereocenters. The number of nitrogens with two attached hydrogens (primary N) is 1. The lowest BCUT2D eigenvalue weighted by Crippen LogP contribution is -2.52. The predicted octanol–water partition coefficient (Wildman–Crippen LogP) is 2.70. The molecule has 1 aliphatic rings. The fourth-order valence-electron chi connectivity index (χ4n) is 2.33. The van der Waals surface area contributed by atoms with Crippen molar-refractivity contribution in [2.24, 2.45) is 5.73 Å². The summed E-state index contributed by atoms with van der Waals surface area (Å²) < 4.78 is 43.0. The standard InChI is InChI=1S/C14H16F3NO2/c1-9-8-10(14(15,16)17)2-3-11(9)12(19)13(18)4-6-20-7-5-13/h2-3,8H,4-7,18H2,1H3. The molecule has 0 aromatic heterocycles. The van der Waals surface area contributed by atoms with Crippen molar-refractivity contribution in [3.05, 3.63) is 34.9 Å². The van der Waals surface area contributed by atoms with Crippen molar-refractivity contribution < 1.29 is 22.7 Å². The highest BCUT2D eigenvalue weighted by Crippen LogP contribution is 2.32. The summed E-state index contributed by atoms with van der Waals surface area (Å²) in [5.74, 6) is -0.313. The van der Waals surface area contributed by atoms with Gasteiger partial charge in [0.25, 0.3) is 0 Å². The van der Waals surface area contributed by atoms with Gasteiger partial charge < -0.3 is 10.5 Å². The fourth-order valence-corrected chi connectivity index (χ4v) is 2.33. The maximum absolute atomic E-state index is 12.6. The molecule has 20 heavy (non-hydrogen) atoms. The summed E-state index contributed by atoms with van der Waals surface area (Å²) in [5.41, 5.74) is 4.82. The van der Waals surface area contributed by atoms with Gasteiger partial charge in [-0.05, 0) is 37.5 Å². The van der Waals surface area contributed by atoms with E-state index in [9.17, 15) is 18.0 Å². The number of ketones is 1. The van der Waals surface area contributed by atoms with E-state index in [0.29, 0.717) is 31.6 Å². The molecule has 1 aromatic rings. The zero-order valence-corrected chi connectivity index (χ0v) is 11.1. The van der Waals surface area contributed by atoms with E-state index in [4.69, 9.17) is 10.5 Å². The molecule has 0 radical (unpaired) electrons. The van der Waals surface area contributed by atoms with Crippen LogP contribution in [0.4, 0.5) is 13.2 Å². The predicted molar refractivity (Wildman–Crippen MR) is 67.5 cm³/mol. The maximum Gasteiger partial charge on any atom is 0.416 e. The first-order chi connectivity index (χ1) is 9.24. The topological polar surface area (TPSA) is 52.3 Å². The van der Waals surface area contributed by atoms with Gasteiger partial charge in [0.2, 0.25) is 0 Å². The van der Waals surface area contributed by atoms with Crippen molar-refractivity contribution in [3.8, 4) is 0 Å². The largest absolute Gasteiger partial charge is 0.416 e. The minimum Gasteiger partial charge on any atom is -0.381 e. The van der Waals surface area contributed by atoms with Crippen molar-refractivity contribution in [1.82, 2.24) is 0 Å². The van der Waals surface area contributed by atoms with Gasteiger partial charge in [0.15, 0.2) is 5.78 Å². The van der Waals surface area contributed by atoms with Crippen LogP contribution in [-0.2, 0) is 10.9 Å². The number of hydrogen-bond donors (Lipinski definition) is 1. The second-order valence-corrected chi connectivity index (χ2v) is 5.13. The Hall–Kier alpha value is -1.40. The second kappa shape index (κ2) is 5.18. The minimum absolute atomic E-state index is 0.252. The van der Waals surface area contributed by atoms with E-state index < -0.39 is 17.3 Å². The van der Waals surface area contributed by atoms with Crippen molar-refractivity contribution in [1.29, 1.82) is 0 Å². The van der Waals surface area contributed by atoms with Crippen molar-refractivity contribution in [2.45, 2.75) is 31.5 Å². The summed E-state index contributed by atoms with van der Waals surface area (Å²) in [5, 5.41) is 0. The summed E-state index contributed by atoms with van der Waals surface area (Å²) in [6.45, 7) is 2.27. The Labute approximate surface area is 114 Å². The Kier molecular flexibility index (Phi) is 3.88. The number of carbonyl (C=O) groups excluding carboxylic acids is 1. The smallest absolute Gasteiger partial charge is 0.381 e. The number of aryl methyl sites for hydroxylation is 1. The number of halogens is 3. The molecule has 0 unspecified atom stereocenters. The van der Waals surface area contributed by atoms with Crippen LogP contribution in [0, 0.1) is 6.92 Å². The summed E-state index contributed by atoms with van der Waals surface area (Å²) in [7, 11) is 0. The van der Waals surface area contributed by atoms with Crippen LogP contribution >= 0.6 is 0 Å². The van der Waals surface area contributed by atoms with Gasteiger partial charge in [-0.25, -0.2) is 0 Å². The molecule has 0 bridgehead atoms. The maximum atomic E-state index is 12.6. The Balaban J connectivity index is 2.31. The van der Waals surface area contributed by atoms with E-state index in [0.717, 1.165) is 12.1 Å². The van der Waals surface area contributed by atoms with Crippen molar-refractivity contribution in [3.63, 3.8) is 0 Å². The molecular weight excluding hydrogens is 271 g/mol. The van der Waals surface area contributed by atoms with Gasteiger partial charge in [-0.1, -0.05) is 6.07 Å². The number of benzene rings is 1. The molecule has 110 valence electrons. The van der Waals surface area contributed by atoms with Gasteiger partial charge in [0.05, 0.1) is 11.1 Å². The first kappa shape index (κ1) is 15.0. The van der Waals surface area contributed by atoms with Gasteiger partial charge in [-0.3, -0.25) is 4.79 Å². The zero-order chi connectivity index (χ0) is 15.0. The molecule has 1 aromatic carbocycles. The van der Waals surface area contributed by atoms with Crippen molar-refractivity contribution >= 4 is 5.78 Å². The van der Waals surface area contributed by atoms with Gasteiger partial charge in [0.1, 0.15) is 0 Å². The number of Topliss-reactive ketones (excluding diaryl/α,β-unsaturated/α-hetero) is 1. The lowest BCUT2D eigenvalue weighted by molar-refractivity contribution is -0.137. The average Bonchev–Trinajstić information content (AvgIpc) is 2.37. The van der Waals surface area contributed by atoms with E-state index in [1.54, 1.807) is 0 Å². The first-order valence-electron chi connectivity index (χ1n) is 6.33. The highest BCUT2D eigenvalue weighted by Gasteiger charge is 2.38. The monoisotopic (exact) mass is 287 g/mol. The number of rotatable bonds is 2. The number of hydrogen-bond acceptors (Lipinski definition) is 3. The van der Waals surface area contributed by atoms with Gasteiger partial charge in [0, 0.05) is 18.8 Å². The molecule has 2 rings (SSSR count). The van der Waals surface area contributed by atoms with Crippen molar-refractivity contribution in [2.75, 3.05) is 13.2 Å². The van der Waals surface area contributed by atoms with E-state index in [1.807, 2.05) is 0 Å². The molecule has 0 spiro atoms. The molecule has 0 saturated carbocycles. The SMILES string of the molecule is Cc1cc(C(F)(F)F)ccc1C(=O)C1(N)CCOCC1. The Morgan fingerprint density at radius 1 is 1.30 bits per heavy atom. The molecule has 0 amide bonds. The quantitative estimate of drug-likeness (QED) is 0.851. The summed E-state index contributed by atoms with van der Waals surface area (Å²) in [6.07, 6.45) is -3.65. The molecule has 1 saturated heterocycles. The van der Waals surface area contributed by atoms with Crippen LogP contribution in [0.15, 0.2) is 18.2 Å². The Morgan fingerprint density at radius 2 is 1.90 bits per heavy atom. The number of carbonyl (C=O) groups is 1. The fraction of sp³-hybridized carbons (Fsp3) is 0.500. The van der Waals surface area contributed by atoms with Gasteiger partial charge in [-0.15, -0.1) is 0 Å². The van der Waals surface area contributed by atoms with E-state index in [2.05, 4.69) is 0 Å². The molecule has 6 heteroatoms. The zero-order valence-electron chi connectivity index (χ0n) is 11.1. The third-order valence-electron chi connectivity index (χ3n) is 3.64. The highest BCUT2D eigenvalue weighted by atomic mass is 19.4. The van der Waals surface area contributed by atoms with Crippen LogP contribution < -0.4 is 5.73 Å². The van der Waals surface area contributed by atoms with Crippen LogP contribution in [0.2, 0.25) is 0 Å². The van der Waals surface area contributed by atoms with Crippen LogP contribution in [-0.4, -0.2) is 24.5 Å². The molecule has 1 heterocycles. The van der Waals surface area contributed by atoms with E-state index in [-0.39, 0.29) is 11.3 Å². The number of alkyl halides is 3. The average molecular weight is 287 g/mol. The molecular formula is C14H16F3NO2. The third kappa shape index (κ3) is 2.86. The first-order valence-corrected chi connectivity index (χ1v) is 6.33. The highest BCUT2D eigenvalue weighted by molar-refractivity contribution is 6.04. The van der Waals surface area contributed by atoms with Crippen LogP contribution in [0.1, 0.15) is 34.3 Å². The van der Waals surface area contributed by atoms with Crippen LogP contribution in [0.25, 0.3) is 0 Å². The normalized spacial score (nSPS) is 18.9. The van der Waals surface area contributed by atoms with Gasteiger partial charge >= 0.3 is 6.18 Å². The van der Waals surface area contributed by atoms with Crippen LogP contribution in [0.3, 0.4) is 0 Å². The molecule has 2 N–H and O–H groups in total. The van der Waals surface area contributed by atoms with Gasteiger partial charge in [-0.2, -0.15) is 13.2 Å². The second-order valence-electron chi connectivity index (χ2n) is 5.13. The minimum atomic E-state index is -4.41. The molecule has 1 aliphatic heterocycles. The van der Waals surface area contributed by atoms with Crippen LogP contribution in [0.5, 0.6) is 0 Å². The lowest BCUT2D eigenvalue weighted by Gasteiger charge is -2.32. The van der Waals surface area contributed by atoms with E-state index in [1.165, 1.54) is 13.0 Å². The molecule has 0 aliphatic carbocycles. The molecule has 3 nitrogen and oxygen atoms in total. The Bertz CT molecular complexity index is 520. The third-order valence-corrected chi connectivity index (χ3v) is 3.64. The van der Waals surface area contributed by atoms with E-state index >= 15 is 0 Å². The summed E-state index contributed by atoms with van der Waals surface area (Å²) in [6, 6.07) is 3.11. The summed E-state index contributed by atoms with van der Waals surface area (Å²) in [4.78, 5) is 12.4. The molecule has 1 fully saturated rings.